The third kappa shape index (κ3) is 6.67. The zero-order chi connectivity index (χ0) is 16.5. The second kappa shape index (κ2) is 12.3. The van der Waals surface area contributed by atoms with Gasteiger partial charge in [0.2, 0.25) is 0 Å². The fourth-order valence-corrected chi connectivity index (χ4v) is 3.94. The van der Waals surface area contributed by atoms with Crippen LogP contribution in [-0.4, -0.2) is 62.8 Å². The summed E-state index contributed by atoms with van der Waals surface area (Å²) in [6, 6.07) is 0.619. The van der Waals surface area contributed by atoms with Gasteiger partial charge in [0.25, 0.3) is 0 Å². The molecule has 2 saturated heterocycles. The molecular weight excluding hydrogens is 415 g/mol. The molecule has 2 unspecified atom stereocenters. The molecule has 6 heteroatoms. The van der Waals surface area contributed by atoms with Crippen LogP contribution < -0.4 is 10.6 Å². The maximum Gasteiger partial charge on any atom is 0.191 e. The summed E-state index contributed by atoms with van der Waals surface area (Å²) in [4.78, 5) is 7.06. The zero-order valence-electron chi connectivity index (χ0n) is 15.7. The van der Waals surface area contributed by atoms with E-state index in [1.165, 1.54) is 45.2 Å². The van der Waals surface area contributed by atoms with Gasteiger partial charge in [-0.25, -0.2) is 0 Å². The van der Waals surface area contributed by atoms with Crippen molar-refractivity contribution in [2.75, 3.05) is 39.8 Å². The van der Waals surface area contributed by atoms with Crippen molar-refractivity contribution in [1.82, 2.24) is 15.5 Å². The Balaban J connectivity index is 0.00000288. The number of nitrogens with zero attached hydrogens (tertiary/aromatic N) is 2. The highest BCUT2D eigenvalue weighted by molar-refractivity contribution is 14.0. The molecule has 24 heavy (non-hydrogen) atoms. The number of rotatable bonds is 8. The average molecular weight is 452 g/mol. The minimum Gasteiger partial charge on any atom is -0.376 e. The Labute approximate surface area is 165 Å². The molecule has 0 radical (unpaired) electrons. The monoisotopic (exact) mass is 452 g/mol. The summed E-state index contributed by atoms with van der Waals surface area (Å²) in [6.07, 6.45) is 7.90. The molecule has 142 valence electrons. The van der Waals surface area contributed by atoms with Crippen molar-refractivity contribution in [3.05, 3.63) is 0 Å². The first-order valence-electron chi connectivity index (χ1n) is 9.58. The summed E-state index contributed by atoms with van der Waals surface area (Å²) in [5.74, 6) is 1.67. The number of nitrogens with one attached hydrogen (secondary N) is 2. The van der Waals surface area contributed by atoms with Crippen LogP contribution in [0.1, 0.15) is 52.4 Å². The first-order chi connectivity index (χ1) is 11.3. The Kier molecular flexibility index (Phi) is 11.3. The maximum atomic E-state index is 5.67. The van der Waals surface area contributed by atoms with E-state index in [9.17, 15) is 0 Å². The largest absolute Gasteiger partial charge is 0.376 e. The molecule has 0 spiro atoms. The molecule has 0 aromatic heterocycles. The van der Waals surface area contributed by atoms with Crippen molar-refractivity contribution in [3.8, 4) is 0 Å². The summed E-state index contributed by atoms with van der Waals surface area (Å²) >= 11 is 0. The van der Waals surface area contributed by atoms with Crippen LogP contribution >= 0.6 is 24.0 Å². The quantitative estimate of drug-likeness (QED) is 0.338. The highest BCUT2D eigenvalue weighted by Crippen LogP contribution is 2.22. The number of ether oxygens (including phenoxy) is 1. The lowest BCUT2D eigenvalue weighted by Gasteiger charge is -2.34. The van der Waals surface area contributed by atoms with Crippen LogP contribution in [0.5, 0.6) is 0 Å². The van der Waals surface area contributed by atoms with Crippen molar-refractivity contribution in [3.63, 3.8) is 0 Å². The Morgan fingerprint density at radius 2 is 1.88 bits per heavy atom. The molecule has 2 aliphatic heterocycles. The first-order valence-corrected chi connectivity index (χ1v) is 9.58. The first kappa shape index (κ1) is 22.0. The summed E-state index contributed by atoms with van der Waals surface area (Å²) in [7, 11) is 1.85. The number of aliphatic imine (C=N–C) groups is 1. The number of halogens is 1. The van der Waals surface area contributed by atoms with Crippen LogP contribution in [0.15, 0.2) is 4.99 Å². The molecule has 2 aliphatic rings. The minimum atomic E-state index is 0. The fourth-order valence-electron chi connectivity index (χ4n) is 3.94. The lowest BCUT2D eigenvalue weighted by atomic mass is 9.93. The third-order valence-electron chi connectivity index (χ3n) is 5.43. The molecule has 0 aromatic rings. The number of guanidine groups is 1. The van der Waals surface area contributed by atoms with Crippen LogP contribution in [0.2, 0.25) is 0 Å². The van der Waals surface area contributed by atoms with E-state index in [1.807, 2.05) is 7.05 Å². The van der Waals surface area contributed by atoms with E-state index >= 15 is 0 Å². The molecule has 2 fully saturated rings. The molecule has 0 bridgehead atoms. The van der Waals surface area contributed by atoms with E-state index in [2.05, 4.69) is 34.4 Å². The van der Waals surface area contributed by atoms with E-state index in [0.717, 1.165) is 38.0 Å². The van der Waals surface area contributed by atoms with Gasteiger partial charge in [0.1, 0.15) is 0 Å². The van der Waals surface area contributed by atoms with Crippen molar-refractivity contribution in [2.45, 2.75) is 64.5 Å². The van der Waals surface area contributed by atoms with Crippen molar-refractivity contribution >= 4 is 29.9 Å². The maximum absolute atomic E-state index is 5.67. The van der Waals surface area contributed by atoms with Gasteiger partial charge in [-0.3, -0.25) is 9.89 Å². The van der Waals surface area contributed by atoms with E-state index in [1.54, 1.807) is 0 Å². The molecule has 0 aliphatic carbocycles. The predicted octanol–water partition coefficient (Wildman–Crippen LogP) is 2.85. The van der Waals surface area contributed by atoms with Gasteiger partial charge in [0.05, 0.1) is 6.10 Å². The van der Waals surface area contributed by atoms with Crippen molar-refractivity contribution in [2.24, 2.45) is 10.9 Å². The highest BCUT2D eigenvalue weighted by Gasteiger charge is 2.27. The number of likely N-dealkylation sites (tertiary alicyclic amines) is 1. The molecule has 0 aromatic carbocycles. The third-order valence-corrected chi connectivity index (χ3v) is 5.43. The van der Waals surface area contributed by atoms with Crippen LogP contribution in [0.4, 0.5) is 0 Å². The average Bonchev–Trinajstić information content (AvgIpc) is 3.27. The summed E-state index contributed by atoms with van der Waals surface area (Å²) in [5.41, 5.74) is 0. The SMILES string of the molecule is CCC(CC)C(CNC(=NC)NCC1CCCO1)N1CCCC1.I. The summed E-state index contributed by atoms with van der Waals surface area (Å²) in [6.45, 7) is 9.90. The summed E-state index contributed by atoms with van der Waals surface area (Å²) < 4.78 is 5.67. The van der Waals surface area contributed by atoms with Gasteiger partial charge in [-0.15, -0.1) is 24.0 Å². The molecular formula is C18H37IN4O. The lowest BCUT2D eigenvalue weighted by molar-refractivity contribution is 0.113. The minimum absolute atomic E-state index is 0. The van der Waals surface area contributed by atoms with Crippen molar-refractivity contribution < 1.29 is 4.74 Å². The predicted molar refractivity (Wildman–Crippen MR) is 112 cm³/mol. The van der Waals surface area contributed by atoms with Crippen LogP contribution in [0.3, 0.4) is 0 Å². The van der Waals surface area contributed by atoms with Gasteiger partial charge in [-0.05, 0) is 44.7 Å². The van der Waals surface area contributed by atoms with Gasteiger partial charge in [-0.2, -0.15) is 0 Å². The standard InChI is InChI=1S/C18H36N4O.HI/c1-4-15(5-2)17(22-10-6-7-11-22)14-21-18(19-3)20-13-16-9-8-12-23-16;/h15-17H,4-14H2,1-3H3,(H2,19,20,21);1H. The Bertz CT molecular complexity index is 349. The highest BCUT2D eigenvalue weighted by atomic mass is 127. The topological polar surface area (TPSA) is 48.9 Å². The molecule has 2 heterocycles. The molecule has 5 nitrogen and oxygen atoms in total. The molecule has 2 atom stereocenters. The van der Waals surface area contributed by atoms with Crippen LogP contribution in [-0.2, 0) is 4.74 Å². The van der Waals surface area contributed by atoms with Crippen molar-refractivity contribution in [1.29, 1.82) is 0 Å². The summed E-state index contributed by atoms with van der Waals surface area (Å²) in [5, 5.41) is 6.99. The lowest BCUT2D eigenvalue weighted by Crippen LogP contribution is -2.50. The second-order valence-electron chi connectivity index (χ2n) is 6.86. The molecule has 2 rings (SSSR count). The van der Waals surface area contributed by atoms with Gasteiger partial charge in [-0.1, -0.05) is 26.7 Å². The van der Waals surface area contributed by atoms with E-state index < -0.39 is 0 Å². The Hall–Kier alpha value is -0.0800. The van der Waals surface area contributed by atoms with Crippen LogP contribution in [0, 0.1) is 5.92 Å². The van der Waals surface area contributed by atoms with E-state index in [-0.39, 0.29) is 24.0 Å². The zero-order valence-corrected chi connectivity index (χ0v) is 18.1. The Morgan fingerprint density at radius 1 is 1.17 bits per heavy atom. The molecule has 2 N–H and O–H groups in total. The normalized spacial score (nSPS) is 23.3. The molecule has 0 amide bonds. The van der Waals surface area contributed by atoms with E-state index in [4.69, 9.17) is 4.74 Å². The van der Waals surface area contributed by atoms with Gasteiger partial charge in [0, 0.05) is 32.8 Å². The van der Waals surface area contributed by atoms with Gasteiger partial charge >= 0.3 is 0 Å². The van der Waals surface area contributed by atoms with Gasteiger partial charge < -0.3 is 15.4 Å². The Morgan fingerprint density at radius 3 is 2.42 bits per heavy atom. The number of hydrogen-bond acceptors (Lipinski definition) is 3. The number of hydrogen-bond donors (Lipinski definition) is 2. The van der Waals surface area contributed by atoms with Crippen LogP contribution in [0.25, 0.3) is 0 Å². The fraction of sp³-hybridized carbons (Fsp3) is 0.944. The smallest absolute Gasteiger partial charge is 0.191 e. The second-order valence-corrected chi connectivity index (χ2v) is 6.86. The van der Waals surface area contributed by atoms with Gasteiger partial charge in [0.15, 0.2) is 5.96 Å². The van der Waals surface area contributed by atoms with E-state index in [0.29, 0.717) is 12.1 Å². The molecule has 0 saturated carbocycles.